The molecule has 2 nitrogen and oxygen atoms in total. The van der Waals surface area contributed by atoms with Gasteiger partial charge < -0.3 is 9.80 Å². The van der Waals surface area contributed by atoms with E-state index in [2.05, 4.69) is 396 Å². The third kappa shape index (κ3) is 11.0. The van der Waals surface area contributed by atoms with Crippen molar-refractivity contribution < 1.29 is 0 Å². The molecule has 0 radical (unpaired) electrons. The minimum absolute atomic E-state index is 0.139. The van der Waals surface area contributed by atoms with Crippen LogP contribution in [0.2, 0.25) is 0 Å². The molecule has 0 saturated heterocycles. The molecule has 494 valence electrons. The second kappa shape index (κ2) is 24.4. The van der Waals surface area contributed by atoms with Crippen molar-refractivity contribution in [3.63, 3.8) is 0 Å². The Hall–Kier alpha value is -10.9. The molecule has 2 aliphatic rings. The molecule has 0 amide bonds. The first-order valence-corrected chi connectivity index (χ1v) is 36.6. The molecule has 0 aliphatic carbocycles. The SMILES string of the molecule is CC(C)(C)c1cc(N2c3cc(-c4c5ccccc5c(-c5ccccc5)c5ccccc45)ccc3B(c3ccccc3)c3cc4c(cc32)N(c2cc(C(C)(C)C)cc(C(C)(C)C)c2)c2cc(-c3c5ccccc5c(-c5ccccc5)c5ccccc35)ccc2B4c2ccccc2)cc(C(C)(C)C)c1. The van der Waals surface area contributed by atoms with Gasteiger partial charge in [0.15, 0.2) is 0 Å². The molecule has 0 bridgehead atoms. The number of rotatable bonds is 8. The molecule has 0 N–H and O–H groups in total. The van der Waals surface area contributed by atoms with Crippen molar-refractivity contribution in [1.29, 1.82) is 0 Å². The minimum atomic E-state index is -0.164. The number of benzene rings is 15. The summed E-state index contributed by atoms with van der Waals surface area (Å²) >= 11 is 0. The highest BCUT2D eigenvalue weighted by Crippen LogP contribution is 2.51. The Bertz CT molecular complexity index is 5270. The molecule has 17 rings (SSSR count). The van der Waals surface area contributed by atoms with E-state index >= 15 is 0 Å². The summed E-state index contributed by atoms with van der Waals surface area (Å²) in [6.45, 7) is 28.2. The molecule has 0 spiro atoms. The van der Waals surface area contributed by atoms with E-state index in [0.717, 1.165) is 11.4 Å². The molecule has 15 aromatic carbocycles. The van der Waals surface area contributed by atoms with Crippen LogP contribution in [0, 0.1) is 0 Å². The molecule has 15 aromatic rings. The Morgan fingerprint density at radius 2 is 0.451 bits per heavy atom. The summed E-state index contributed by atoms with van der Waals surface area (Å²) in [7, 11) is 0. The molecule has 0 aromatic heterocycles. The average molecular weight is 1310 g/mol. The van der Waals surface area contributed by atoms with Crippen LogP contribution in [-0.2, 0) is 21.7 Å². The summed E-state index contributed by atoms with van der Waals surface area (Å²) in [5.74, 6) is 0. The van der Waals surface area contributed by atoms with E-state index in [0.29, 0.717) is 0 Å². The summed E-state index contributed by atoms with van der Waals surface area (Å²) in [6, 6.07) is 117. The maximum Gasteiger partial charge on any atom is 0.246 e. The molecule has 102 heavy (non-hydrogen) atoms. The molecular weight excluding hydrogens is 1230 g/mol. The summed E-state index contributed by atoms with van der Waals surface area (Å²) in [5, 5.41) is 9.90. The van der Waals surface area contributed by atoms with Gasteiger partial charge in [0, 0.05) is 34.1 Å². The highest BCUT2D eigenvalue weighted by Gasteiger charge is 2.43. The van der Waals surface area contributed by atoms with Crippen molar-refractivity contribution in [3.05, 3.63) is 326 Å². The van der Waals surface area contributed by atoms with Crippen molar-refractivity contribution in [2.24, 2.45) is 0 Å². The summed E-state index contributed by atoms with van der Waals surface area (Å²) in [6.07, 6.45) is 0. The second-order valence-electron chi connectivity index (χ2n) is 32.8. The molecule has 0 atom stereocenters. The molecule has 0 unspecified atom stereocenters. The highest BCUT2D eigenvalue weighted by atomic mass is 15.2. The predicted octanol–water partition coefficient (Wildman–Crippen LogP) is 22.8. The Morgan fingerprint density at radius 3 is 0.725 bits per heavy atom. The molecular formula is C98H86B2N2. The Balaban J connectivity index is 1.01. The van der Waals surface area contributed by atoms with Gasteiger partial charge in [0.05, 0.1) is 0 Å². The Labute approximate surface area is 604 Å². The highest BCUT2D eigenvalue weighted by molar-refractivity contribution is 7.01. The van der Waals surface area contributed by atoms with Crippen LogP contribution in [0.25, 0.3) is 87.6 Å². The lowest BCUT2D eigenvalue weighted by molar-refractivity contribution is 0.568. The van der Waals surface area contributed by atoms with Gasteiger partial charge in [-0.1, -0.05) is 355 Å². The van der Waals surface area contributed by atoms with Crippen molar-refractivity contribution in [2.45, 2.75) is 105 Å². The van der Waals surface area contributed by atoms with Crippen LogP contribution in [-0.4, -0.2) is 13.4 Å². The van der Waals surface area contributed by atoms with Gasteiger partial charge in [-0.05, 0) is 196 Å². The first kappa shape index (κ1) is 64.4. The zero-order valence-corrected chi connectivity index (χ0v) is 60.9. The largest absolute Gasteiger partial charge is 0.311 e. The number of hydrogen-bond acceptors (Lipinski definition) is 2. The fourth-order valence-electron chi connectivity index (χ4n) is 16.8. The zero-order chi connectivity index (χ0) is 70.1. The topological polar surface area (TPSA) is 6.48 Å². The quantitative estimate of drug-likeness (QED) is 0.111. The fourth-order valence-corrected chi connectivity index (χ4v) is 16.8. The van der Waals surface area contributed by atoms with Crippen LogP contribution in [0.5, 0.6) is 0 Å². The number of fused-ring (bicyclic) bond motifs is 8. The van der Waals surface area contributed by atoms with Gasteiger partial charge in [-0.25, -0.2) is 0 Å². The van der Waals surface area contributed by atoms with Gasteiger partial charge >= 0.3 is 0 Å². The molecule has 0 fully saturated rings. The molecule has 2 aliphatic heterocycles. The van der Waals surface area contributed by atoms with E-state index < -0.39 is 0 Å². The predicted molar refractivity (Wildman–Crippen MR) is 445 cm³/mol. The summed E-state index contributed by atoms with van der Waals surface area (Å²) in [5.41, 5.74) is 28.9. The van der Waals surface area contributed by atoms with E-state index in [1.165, 1.54) is 165 Å². The van der Waals surface area contributed by atoms with Crippen molar-refractivity contribution in [2.75, 3.05) is 9.80 Å². The van der Waals surface area contributed by atoms with Crippen LogP contribution >= 0.6 is 0 Å². The van der Waals surface area contributed by atoms with E-state index in [4.69, 9.17) is 0 Å². The van der Waals surface area contributed by atoms with Gasteiger partial charge in [-0.2, -0.15) is 0 Å². The minimum Gasteiger partial charge on any atom is -0.311 e. The normalized spacial score (nSPS) is 13.2. The number of anilines is 6. The van der Waals surface area contributed by atoms with Crippen LogP contribution in [0.15, 0.2) is 303 Å². The molecule has 0 saturated carbocycles. The van der Waals surface area contributed by atoms with E-state index in [1.807, 2.05) is 0 Å². The third-order valence-corrected chi connectivity index (χ3v) is 22.1. The van der Waals surface area contributed by atoms with Crippen molar-refractivity contribution >= 4 is 123 Å². The van der Waals surface area contributed by atoms with Crippen LogP contribution in [0.4, 0.5) is 34.1 Å². The van der Waals surface area contributed by atoms with Crippen molar-refractivity contribution in [1.82, 2.24) is 0 Å². The average Bonchev–Trinajstić information content (AvgIpc) is 0.702. The van der Waals surface area contributed by atoms with E-state index in [-0.39, 0.29) is 35.1 Å². The fraction of sp³-hybridized carbons (Fsp3) is 0.163. The van der Waals surface area contributed by atoms with Gasteiger partial charge in [0.2, 0.25) is 13.4 Å². The molecule has 2 heterocycles. The van der Waals surface area contributed by atoms with E-state index in [1.54, 1.807) is 0 Å². The van der Waals surface area contributed by atoms with Crippen LogP contribution in [0.1, 0.15) is 105 Å². The van der Waals surface area contributed by atoms with Gasteiger partial charge in [0.25, 0.3) is 0 Å². The summed E-state index contributed by atoms with van der Waals surface area (Å²) in [4.78, 5) is 5.39. The standard InChI is InChI=1S/C98H86B2N2/c1-95(2,3)67-55-68(96(4,5)6)58-73(57-67)101-87-53-65(93-79-45-29-25-41-75(79)91(63-33-17-13-18-34-63)76-42-26-30-46-80(76)93)49-51-83(87)99(71-37-21-15-22-38-71)85-61-86-90(62-89(85)101)102(74-59-69(97(7,8)9)56-70(60-74)98(10,11)12)88-54-66(50-52-84(88)100(86)72-39-23-16-24-40-72)94-81-47-31-27-43-77(81)92(64-35-19-14-20-36-64)78-44-28-32-48-82(78)94/h13-62H,1-12H3. The van der Waals surface area contributed by atoms with Gasteiger partial charge in [-0.15, -0.1) is 0 Å². The van der Waals surface area contributed by atoms with Gasteiger partial charge in [0.1, 0.15) is 0 Å². The second-order valence-corrected chi connectivity index (χ2v) is 32.8. The van der Waals surface area contributed by atoms with Crippen LogP contribution in [0.3, 0.4) is 0 Å². The van der Waals surface area contributed by atoms with Gasteiger partial charge in [-0.3, -0.25) is 0 Å². The smallest absolute Gasteiger partial charge is 0.246 e. The molecule has 4 heteroatoms. The summed E-state index contributed by atoms with van der Waals surface area (Å²) < 4.78 is 0. The van der Waals surface area contributed by atoms with E-state index in [9.17, 15) is 0 Å². The Morgan fingerprint density at radius 1 is 0.206 bits per heavy atom. The van der Waals surface area contributed by atoms with Crippen LogP contribution < -0.4 is 42.6 Å². The number of hydrogen-bond donors (Lipinski definition) is 0. The lowest BCUT2D eigenvalue weighted by Crippen LogP contribution is -2.62. The Kier molecular flexibility index (Phi) is 15.4. The number of nitrogens with zero attached hydrogens (tertiary/aromatic N) is 2. The first-order valence-electron chi connectivity index (χ1n) is 36.6. The maximum absolute atomic E-state index is 2.70. The lowest BCUT2D eigenvalue weighted by atomic mass is 9.31. The third-order valence-electron chi connectivity index (χ3n) is 22.1. The first-order chi connectivity index (χ1) is 49.2. The monoisotopic (exact) mass is 1310 g/mol. The zero-order valence-electron chi connectivity index (χ0n) is 60.9. The van der Waals surface area contributed by atoms with Crippen molar-refractivity contribution in [3.8, 4) is 44.5 Å². The maximum atomic E-state index is 2.70. The lowest BCUT2D eigenvalue weighted by Gasteiger charge is -2.43.